The van der Waals surface area contributed by atoms with Gasteiger partial charge >= 0.3 is 0 Å². The van der Waals surface area contributed by atoms with Gasteiger partial charge in [-0.1, -0.05) is 72.5 Å². The van der Waals surface area contributed by atoms with Crippen molar-refractivity contribution in [3.63, 3.8) is 0 Å². The molecule has 1 aromatic heterocycles. The summed E-state index contributed by atoms with van der Waals surface area (Å²) in [6.07, 6.45) is 1.86. The quantitative estimate of drug-likeness (QED) is 0.526. The number of benzene rings is 2. The second-order valence-electron chi connectivity index (χ2n) is 5.92. The topological polar surface area (TPSA) is 66.9 Å². The van der Waals surface area contributed by atoms with Crippen LogP contribution >= 0.6 is 23.1 Å². The highest BCUT2D eigenvalue weighted by Gasteiger charge is 2.08. The number of rotatable bonds is 9. The third-order valence-corrected chi connectivity index (χ3v) is 5.90. The zero-order chi connectivity index (χ0) is 18.9. The fourth-order valence-corrected chi connectivity index (χ4v) is 4.04. The van der Waals surface area contributed by atoms with Crippen molar-refractivity contribution < 1.29 is 4.79 Å². The molecule has 0 spiro atoms. The van der Waals surface area contributed by atoms with E-state index in [0.717, 1.165) is 28.0 Å². The van der Waals surface area contributed by atoms with Crippen molar-refractivity contribution in [3.05, 3.63) is 65.7 Å². The number of nitrogens with one attached hydrogen (secondary N) is 2. The van der Waals surface area contributed by atoms with Gasteiger partial charge in [0.1, 0.15) is 0 Å². The van der Waals surface area contributed by atoms with E-state index in [0.29, 0.717) is 12.3 Å². The molecule has 0 radical (unpaired) electrons. The maximum absolute atomic E-state index is 12.0. The first-order valence-electron chi connectivity index (χ1n) is 8.86. The van der Waals surface area contributed by atoms with Gasteiger partial charge in [0.05, 0.1) is 5.75 Å². The Morgan fingerprint density at radius 2 is 1.81 bits per heavy atom. The summed E-state index contributed by atoms with van der Waals surface area (Å²) in [6, 6.07) is 18.4. The van der Waals surface area contributed by atoms with Crippen LogP contribution in [0.2, 0.25) is 0 Å². The highest BCUT2D eigenvalue weighted by Crippen LogP contribution is 2.27. The molecule has 0 aliphatic heterocycles. The molecule has 5 nitrogen and oxygen atoms in total. The number of carbonyl (C=O) groups is 1. The van der Waals surface area contributed by atoms with Crippen LogP contribution < -0.4 is 10.6 Å². The van der Waals surface area contributed by atoms with Crippen LogP contribution in [0.3, 0.4) is 0 Å². The molecule has 140 valence electrons. The molecule has 0 saturated heterocycles. The van der Waals surface area contributed by atoms with Crippen molar-refractivity contribution in [2.24, 2.45) is 0 Å². The minimum Gasteiger partial charge on any atom is -0.355 e. The number of nitrogens with zero attached hydrogens (tertiary/aromatic N) is 2. The second-order valence-corrected chi connectivity index (χ2v) is 8.12. The summed E-state index contributed by atoms with van der Waals surface area (Å²) >= 11 is 2.86. The SMILES string of the molecule is CCc1ccc(Nc2nnc(SCC(=O)NCCc3ccccc3)s2)cc1. The maximum Gasteiger partial charge on any atom is 0.230 e. The first-order chi connectivity index (χ1) is 13.2. The molecule has 0 fully saturated rings. The zero-order valence-corrected chi connectivity index (χ0v) is 16.8. The van der Waals surface area contributed by atoms with E-state index < -0.39 is 0 Å². The summed E-state index contributed by atoms with van der Waals surface area (Å²) < 4.78 is 0.779. The van der Waals surface area contributed by atoms with Crippen molar-refractivity contribution in [3.8, 4) is 0 Å². The lowest BCUT2D eigenvalue weighted by Crippen LogP contribution is -2.27. The van der Waals surface area contributed by atoms with Crippen LogP contribution in [0.1, 0.15) is 18.1 Å². The Balaban J connectivity index is 1.40. The van der Waals surface area contributed by atoms with E-state index in [4.69, 9.17) is 0 Å². The highest BCUT2D eigenvalue weighted by molar-refractivity contribution is 8.01. The van der Waals surface area contributed by atoms with Gasteiger partial charge in [-0.25, -0.2) is 0 Å². The van der Waals surface area contributed by atoms with Crippen molar-refractivity contribution in [1.82, 2.24) is 15.5 Å². The first-order valence-corrected chi connectivity index (χ1v) is 10.7. The van der Waals surface area contributed by atoms with Crippen LogP contribution in [-0.2, 0) is 17.6 Å². The first kappa shape index (κ1) is 19.4. The summed E-state index contributed by atoms with van der Waals surface area (Å²) in [7, 11) is 0. The number of hydrogen-bond acceptors (Lipinski definition) is 6. The summed E-state index contributed by atoms with van der Waals surface area (Å²) in [5.41, 5.74) is 3.50. The summed E-state index contributed by atoms with van der Waals surface area (Å²) in [6.45, 7) is 2.77. The molecule has 27 heavy (non-hydrogen) atoms. The van der Waals surface area contributed by atoms with Gasteiger partial charge in [0.15, 0.2) is 4.34 Å². The van der Waals surface area contributed by atoms with Gasteiger partial charge in [0, 0.05) is 12.2 Å². The molecule has 2 N–H and O–H groups in total. The van der Waals surface area contributed by atoms with E-state index in [2.05, 4.69) is 52.0 Å². The molecule has 0 unspecified atom stereocenters. The molecular weight excluding hydrogens is 376 g/mol. The third-order valence-electron chi connectivity index (χ3n) is 3.93. The average molecular weight is 399 g/mol. The smallest absolute Gasteiger partial charge is 0.230 e. The number of aromatic nitrogens is 2. The van der Waals surface area contributed by atoms with Gasteiger partial charge in [-0.3, -0.25) is 4.79 Å². The lowest BCUT2D eigenvalue weighted by atomic mass is 10.1. The van der Waals surface area contributed by atoms with E-state index in [-0.39, 0.29) is 5.91 Å². The Morgan fingerprint density at radius 1 is 1.04 bits per heavy atom. The molecule has 1 heterocycles. The molecular formula is C20H22N4OS2. The van der Waals surface area contributed by atoms with E-state index in [1.165, 1.54) is 34.2 Å². The summed E-state index contributed by atoms with van der Waals surface area (Å²) in [5, 5.41) is 15.2. The molecule has 0 bridgehead atoms. The number of amides is 1. The Hall–Kier alpha value is -2.38. The monoisotopic (exact) mass is 398 g/mol. The van der Waals surface area contributed by atoms with E-state index in [1.54, 1.807) is 0 Å². The molecule has 0 aliphatic carbocycles. The van der Waals surface area contributed by atoms with Gasteiger partial charge in [-0.05, 0) is 36.1 Å². The Morgan fingerprint density at radius 3 is 2.56 bits per heavy atom. The molecule has 0 saturated carbocycles. The molecule has 2 aromatic carbocycles. The fraction of sp³-hybridized carbons (Fsp3) is 0.250. The van der Waals surface area contributed by atoms with Gasteiger partial charge < -0.3 is 10.6 Å². The summed E-state index contributed by atoms with van der Waals surface area (Å²) in [4.78, 5) is 12.0. The van der Waals surface area contributed by atoms with Crippen LogP contribution in [0.5, 0.6) is 0 Å². The molecule has 7 heteroatoms. The molecule has 0 aliphatic rings. The standard InChI is InChI=1S/C20H22N4OS2/c1-2-15-8-10-17(11-9-15)22-19-23-24-20(27-19)26-14-18(25)21-13-12-16-6-4-3-5-7-16/h3-11H,2,12-14H2,1H3,(H,21,25)(H,22,23). The van der Waals surface area contributed by atoms with Gasteiger partial charge in [-0.2, -0.15) is 0 Å². The number of thioether (sulfide) groups is 1. The Kier molecular flexibility index (Phi) is 7.24. The minimum absolute atomic E-state index is 0.01000. The normalized spacial score (nSPS) is 10.6. The fourth-order valence-electron chi connectivity index (χ4n) is 2.44. The van der Waals surface area contributed by atoms with Crippen LogP contribution in [-0.4, -0.2) is 28.4 Å². The van der Waals surface area contributed by atoms with Gasteiger partial charge in [-0.15, -0.1) is 10.2 Å². The number of aryl methyl sites for hydroxylation is 1. The molecule has 1 amide bonds. The van der Waals surface area contributed by atoms with Crippen molar-refractivity contribution in [2.45, 2.75) is 24.1 Å². The third kappa shape index (κ3) is 6.37. The average Bonchev–Trinajstić information content (AvgIpc) is 3.15. The predicted octanol–water partition coefficient (Wildman–Crippen LogP) is 4.30. The van der Waals surface area contributed by atoms with Crippen LogP contribution in [0.15, 0.2) is 58.9 Å². The minimum atomic E-state index is 0.01000. The van der Waals surface area contributed by atoms with Crippen LogP contribution in [0, 0.1) is 0 Å². The van der Waals surface area contributed by atoms with Crippen molar-refractivity contribution in [1.29, 1.82) is 0 Å². The number of carbonyl (C=O) groups excluding carboxylic acids is 1. The maximum atomic E-state index is 12.0. The van der Waals surface area contributed by atoms with Crippen molar-refractivity contribution >= 4 is 39.8 Å². The Labute approximate surface area is 167 Å². The largest absolute Gasteiger partial charge is 0.355 e. The van der Waals surface area contributed by atoms with Gasteiger partial charge in [0.25, 0.3) is 0 Å². The predicted molar refractivity (Wildman–Crippen MR) is 113 cm³/mol. The lowest BCUT2D eigenvalue weighted by molar-refractivity contribution is -0.118. The molecule has 3 aromatic rings. The Bertz CT molecular complexity index is 850. The number of anilines is 2. The lowest BCUT2D eigenvalue weighted by Gasteiger charge is -2.04. The van der Waals surface area contributed by atoms with Gasteiger partial charge in [0.2, 0.25) is 11.0 Å². The highest BCUT2D eigenvalue weighted by atomic mass is 32.2. The summed E-state index contributed by atoms with van der Waals surface area (Å²) in [5.74, 6) is 0.352. The second kappa shape index (κ2) is 10.1. The number of hydrogen-bond donors (Lipinski definition) is 2. The van der Waals surface area contributed by atoms with Crippen molar-refractivity contribution in [2.75, 3.05) is 17.6 Å². The van der Waals surface area contributed by atoms with Crippen LogP contribution in [0.4, 0.5) is 10.8 Å². The van der Waals surface area contributed by atoms with Crippen LogP contribution in [0.25, 0.3) is 0 Å². The van der Waals surface area contributed by atoms with E-state index in [9.17, 15) is 4.79 Å². The van der Waals surface area contributed by atoms with E-state index >= 15 is 0 Å². The molecule has 0 atom stereocenters. The molecule has 3 rings (SSSR count). The zero-order valence-electron chi connectivity index (χ0n) is 15.1. The van der Waals surface area contributed by atoms with E-state index in [1.807, 2.05) is 30.3 Å².